The third-order valence-electron chi connectivity index (χ3n) is 9.75. The number of carbonyl (C=O) groups excluding carboxylic acids is 2. The van der Waals surface area contributed by atoms with Crippen LogP contribution in [-0.2, 0) is 4.79 Å². The molecule has 1 aromatic heterocycles. The molecular formula is C50H42N2O2. The zero-order chi connectivity index (χ0) is 37.8. The van der Waals surface area contributed by atoms with E-state index in [-0.39, 0.29) is 5.91 Å². The van der Waals surface area contributed by atoms with Crippen LogP contribution in [0.15, 0.2) is 170 Å². The molecule has 7 aromatic carbocycles. The summed E-state index contributed by atoms with van der Waals surface area (Å²) in [5.74, 6) is -0.385. The van der Waals surface area contributed by atoms with Crippen molar-refractivity contribution in [3.63, 3.8) is 0 Å². The zero-order valence-electron chi connectivity index (χ0n) is 31.1. The topological polar surface area (TPSA) is 42.3 Å². The number of rotatable bonds is 7. The van der Waals surface area contributed by atoms with Crippen molar-refractivity contribution in [2.75, 3.05) is 4.90 Å². The van der Waals surface area contributed by atoms with Gasteiger partial charge in [0.25, 0.3) is 5.91 Å². The summed E-state index contributed by atoms with van der Waals surface area (Å²) in [5, 5.41) is 2.17. The predicted molar refractivity (Wildman–Crippen MR) is 226 cm³/mol. The third-order valence-corrected chi connectivity index (χ3v) is 9.75. The zero-order valence-corrected chi connectivity index (χ0v) is 31.1. The minimum absolute atomic E-state index is 0.385. The van der Waals surface area contributed by atoms with Gasteiger partial charge in [-0.1, -0.05) is 139 Å². The molecule has 4 heteroatoms. The van der Waals surface area contributed by atoms with Crippen LogP contribution in [-0.4, -0.2) is 16.9 Å². The highest BCUT2D eigenvalue weighted by atomic mass is 16.2. The van der Waals surface area contributed by atoms with Crippen molar-refractivity contribution in [3.8, 4) is 39.1 Å². The summed E-state index contributed by atoms with van der Waals surface area (Å²) >= 11 is 0. The largest absolute Gasteiger partial charge is 0.308 e. The summed E-state index contributed by atoms with van der Waals surface area (Å²) in [6.07, 6.45) is 2.38. The highest BCUT2D eigenvalue weighted by Crippen LogP contribution is 2.39. The van der Waals surface area contributed by atoms with Gasteiger partial charge >= 0.3 is 0 Å². The number of para-hydroxylation sites is 1. The molecule has 0 spiro atoms. The summed E-state index contributed by atoms with van der Waals surface area (Å²) < 4.78 is 2.18. The first-order valence-electron chi connectivity index (χ1n) is 18.2. The number of hydrogen-bond donors (Lipinski definition) is 0. The van der Waals surface area contributed by atoms with Crippen LogP contribution in [0.2, 0.25) is 0 Å². The fourth-order valence-corrected chi connectivity index (χ4v) is 7.29. The molecule has 0 aliphatic heterocycles. The fraction of sp³-hybridized carbons (Fsp3) is 0.0800. The number of imide groups is 1. The van der Waals surface area contributed by atoms with Crippen LogP contribution in [0.1, 0.15) is 34.0 Å². The van der Waals surface area contributed by atoms with E-state index in [4.69, 9.17) is 0 Å². The Kier molecular flexibility index (Phi) is 10.2. The molecule has 0 fully saturated rings. The smallest absolute Gasteiger partial charge is 0.267 e. The van der Waals surface area contributed by atoms with Gasteiger partial charge in [0, 0.05) is 16.3 Å². The minimum Gasteiger partial charge on any atom is -0.308 e. The number of amides is 2. The van der Waals surface area contributed by atoms with Crippen molar-refractivity contribution in [1.29, 1.82) is 0 Å². The molecule has 0 unspecified atom stereocenters. The Bertz CT molecular complexity index is 2560. The van der Waals surface area contributed by atoms with Crippen LogP contribution in [0.4, 0.5) is 5.69 Å². The van der Waals surface area contributed by atoms with Gasteiger partial charge in [-0.25, -0.2) is 4.90 Å². The van der Waals surface area contributed by atoms with E-state index in [1.165, 1.54) is 16.0 Å². The van der Waals surface area contributed by atoms with Crippen LogP contribution >= 0.6 is 0 Å². The number of aryl methyl sites for hydroxylation is 3. The molecule has 0 aliphatic rings. The van der Waals surface area contributed by atoms with Gasteiger partial charge in [-0.3, -0.25) is 9.59 Å². The molecule has 0 radical (unpaired) electrons. The first-order valence-corrected chi connectivity index (χ1v) is 18.2. The number of allylic oxidation sites excluding steroid dienone is 1. The maximum Gasteiger partial charge on any atom is 0.267 e. The lowest BCUT2D eigenvalue weighted by atomic mass is 9.99. The van der Waals surface area contributed by atoms with Crippen LogP contribution in [0.5, 0.6) is 0 Å². The van der Waals surface area contributed by atoms with Crippen molar-refractivity contribution in [1.82, 2.24) is 4.57 Å². The van der Waals surface area contributed by atoms with Crippen LogP contribution in [0.3, 0.4) is 0 Å². The molecule has 0 saturated carbocycles. The third kappa shape index (κ3) is 6.78. The lowest BCUT2D eigenvalue weighted by Crippen LogP contribution is -2.31. The van der Waals surface area contributed by atoms with Gasteiger partial charge in [0.05, 0.1) is 28.0 Å². The second-order valence-electron chi connectivity index (χ2n) is 13.6. The number of hydrogen-bond acceptors (Lipinski definition) is 2. The number of anilines is 1. The Hall–Kier alpha value is -6.78. The quantitative estimate of drug-likeness (QED) is 0.123. The molecule has 0 N–H and O–H groups in total. The average Bonchev–Trinajstić information content (AvgIpc) is 3.52. The van der Waals surface area contributed by atoms with Crippen molar-refractivity contribution in [2.45, 2.75) is 27.7 Å². The molecule has 0 atom stereocenters. The van der Waals surface area contributed by atoms with Crippen LogP contribution in [0, 0.1) is 20.8 Å². The Morgan fingerprint density at radius 3 is 1.63 bits per heavy atom. The Balaban J connectivity index is 0.00000145. The van der Waals surface area contributed by atoms with E-state index in [9.17, 15) is 9.59 Å². The van der Waals surface area contributed by atoms with Gasteiger partial charge in [-0.15, -0.1) is 6.58 Å². The Morgan fingerprint density at radius 2 is 1.07 bits per heavy atom. The molecule has 8 aromatic rings. The van der Waals surface area contributed by atoms with E-state index in [2.05, 4.69) is 110 Å². The molecule has 1 heterocycles. The van der Waals surface area contributed by atoms with Gasteiger partial charge in [-0.2, -0.15) is 0 Å². The predicted octanol–water partition coefficient (Wildman–Crippen LogP) is 12.7. The number of aromatic nitrogens is 1. The van der Waals surface area contributed by atoms with Gasteiger partial charge in [0.2, 0.25) is 6.41 Å². The minimum atomic E-state index is -0.385. The van der Waals surface area contributed by atoms with Crippen molar-refractivity contribution in [2.24, 2.45) is 0 Å². The number of benzene rings is 7. The molecular weight excluding hydrogens is 661 g/mol. The van der Waals surface area contributed by atoms with E-state index < -0.39 is 0 Å². The molecule has 4 nitrogen and oxygen atoms in total. The monoisotopic (exact) mass is 702 g/mol. The Labute approximate surface area is 317 Å². The van der Waals surface area contributed by atoms with E-state index in [0.29, 0.717) is 17.7 Å². The van der Waals surface area contributed by atoms with Crippen LogP contribution < -0.4 is 4.90 Å². The Morgan fingerprint density at radius 1 is 0.574 bits per heavy atom. The van der Waals surface area contributed by atoms with Gasteiger partial charge < -0.3 is 4.57 Å². The summed E-state index contributed by atoms with van der Waals surface area (Å²) in [6.45, 7) is 11.4. The van der Waals surface area contributed by atoms with Crippen LogP contribution in [0.25, 0.3) is 60.9 Å². The van der Waals surface area contributed by atoms with E-state index in [0.717, 1.165) is 66.4 Å². The molecule has 54 heavy (non-hydrogen) atoms. The van der Waals surface area contributed by atoms with E-state index >= 15 is 0 Å². The molecule has 264 valence electrons. The summed E-state index contributed by atoms with van der Waals surface area (Å²) in [5.41, 5.74) is 13.1. The highest BCUT2D eigenvalue weighted by molar-refractivity contribution is 6.20. The van der Waals surface area contributed by atoms with Crippen molar-refractivity contribution < 1.29 is 9.59 Å². The summed E-state index contributed by atoms with van der Waals surface area (Å²) in [4.78, 5) is 29.0. The highest BCUT2D eigenvalue weighted by Gasteiger charge is 2.27. The molecule has 2 amide bonds. The maximum atomic E-state index is 14.8. The van der Waals surface area contributed by atoms with Gasteiger partial charge in [0.15, 0.2) is 0 Å². The van der Waals surface area contributed by atoms with Crippen molar-refractivity contribution in [3.05, 3.63) is 193 Å². The number of fused-ring (bicyclic) bond motifs is 3. The van der Waals surface area contributed by atoms with Crippen molar-refractivity contribution >= 4 is 39.8 Å². The first-order chi connectivity index (χ1) is 26.3. The molecule has 0 bridgehead atoms. The first kappa shape index (κ1) is 35.6. The molecule has 0 saturated heterocycles. The SMILES string of the molecule is C=CC.Cc1cccc(-c2ccc3c(c2)c2cc(-c4cccc(C)c4)ccc2n3-c2cccc(C)c2C(=O)N(C=O)c2ccccc2-c2ccccc2)c1. The summed E-state index contributed by atoms with van der Waals surface area (Å²) in [7, 11) is 0. The van der Waals surface area contributed by atoms with E-state index in [1.54, 1.807) is 6.08 Å². The normalized spacial score (nSPS) is 10.8. The lowest BCUT2D eigenvalue weighted by molar-refractivity contribution is -0.106. The summed E-state index contributed by atoms with van der Waals surface area (Å²) in [6, 6.07) is 53.5. The number of nitrogens with zero attached hydrogens (tertiary/aromatic N) is 2. The lowest BCUT2D eigenvalue weighted by Gasteiger charge is -2.23. The standard InChI is InChI=1S/C47H36N2O2.C3H6/c1-31-12-9-17-35(26-31)37-22-24-43-40(28-37)41-29-38(36-18-10-13-32(2)27-36)23-25-44(41)49(43)45-21-11-14-33(3)46(45)47(51)48(30-50)42-20-8-7-19-39(42)34-15-5-4-6-16-34;1-3-2/h4-30H,1-3H3;3H,1H2,2H3. The maximum absolute atomic E-state index is 14.8. The van der Waals surface area contributed by atoms with Gasteiger partial charge in [0.1, 0.15) is 0 Å². The van der Waals surface area contributed by atoms with E-state index in [1.807, 2.05) is 86.6 Å². The fourth-order valence-electron chi connectivity index (χ4n) is 7.29. The van der Waals surface area contributed by atoms with Gasteiger partial charge in [-0.05, 0) is 97.5 Å². The number of carbonyl (C=O) groups is 2. The second kappa shape index (κ2) is 15.4. The molecule has 8 rings (SSSR count). The average molecular weight is 703 g/mol. The molecule has 0 aliphatic carbocycles. The second-order valence-corrected chi connectivity index (χ2v) is 13.6.